The minimum Gasteiger partial charge on any atom is -0.385 e. The van der Waals surface area contributed by atoms with Crippen molar-refractivity contribution in [3.8, 4) is 0 Å². The summed E-state index contributed by atoms with van der Waals surface area (Å²) < 4.78 is 6.68. The number of benzene rings is 1. The van der Waals surface area contributed by atoms with Gasteiger partial charge in [-0.25, -0.2) is 0 Å². The average Bonchev–Trinajstić information content (AvgIpc) is 2.32. The van der Waals surface area contributed by atoms with Gasteiger partial charge in [-0.1, -0.05) is 12.1 Å². The van der Waals surface area contributed by atoms with Gasteiger partial charge in [-0.05, 0) is 40.3 Å². The Labute approximate surface area is 115 Å². The van der Waals surface area contributed by atoms with E-state index in [1.165, 1.54) is 9.13 Å². The third-order valence-electron chi connectivity index (χ3n) is 2.82. The summed E-state index contributed by atoms with van der Waals surface area (Å²) in [5.41, 5.74) is 6.76. The first kappa shape index (κ1) is 12.8. The second-order valence-corrected chi connectivity index (χ2v) is 5.42. The predicted octanol–water partition coefficient (Wildman–Crippen LogP) is 1.43. The number of hydrogen-bond acceptors (Lipinski definition) is 3. The molecule has 5 heteroatoms. The van der Waals surface area contributed by atoms with Crippen molar-refractivity contribution in [2.75, 3.05) is 19.7 Å². The molecule has 1 aliphatic rings. The van der Waals surface area contributed by atoms with Crippen LogP contribution < -0.4 is 5.73 Å². The molecule has 0 saturated carbocycles. The summed E-state index contributed by atoms with van der Waals surface area (Å²) in [5.74, 6) is 0.123. The van der Waals surface area contributed by atoms with Crippen molar-refractivity contribution in [2.45, 2.75) is 12.6 Å². The second-order valence-electron chi connectivity index (χ2n) is 4.18. The Balaban J connectivity index is 1.94. The Hall–Kier alpha value is -0.660. The molecule has 17 heavy (non-hydrogen) atoms. The molecule has 1 fully saturated rings. The number of hydrogen-bond donors (Lipinski definition) is 2. The largest absolute Gasteiger partial charge is 0.385 e. The molecule has 0 bridgehead atoms. The van der Waals surface area contributed by atoms with Crippen molar-refractivity contribution < 1.29 is 4.74 Å². The highest BCUT2D eigenvalue weighted by Gasteiger charge is 2.22. The summed E-state index contributed by atoms with van der Waals surface area (Å²) >= 11 is 2.30. The number of amidine groups is 1. The topological polar surface area (TPSA) is 62.3 Å². The van der Waals surface area contributed by atoms with Gasteiger partial charge >= 0.3 is 0 Å². The molecular weight excluding hydrogens is 329 g/mol. The Morgan fingerprint density at radius 1 is 1.47 bits per heavy atom. The van der Waals surface area contributed by atoms with E-state index in [4.69, 9.17) is 15.9 Å². The van der Waals surface area contributed by atoms with Crippen LogP contribution >= 0.6 is 22.6 Å². The van der Waals surface area contributed by atoms with Crippen LogP contribution in [0.15, 0.2) is 24.3 Å². The first-order valence-electron chi connectivity index (χ1n) is 5.57. The molecule has 1 saturated heterocycles. The summed E-state index contributed by atoms with van der Waals surface area (Å²) in [7, 11) is 0. The van der Waals surface area contributed by atoms with E-state index in [1.807, 2.05) is 0 Å². The molecule has 0 aromatic heterocycles. The lowest BCUT2D eigenvalue weighted by Crippen LogP contribution is -2.47. The summed E-state index contributed by atoms with van der Waals surface area (Å²) in [4.78, 5) is 2.28. The molecule has 1 atom stereocenters. The zero-order valence-corrected chi connectivity index (χ0v) is 11.7. The first-order valence-corrected chi connectivity index (χ1v) is 6.65. The number of nitrogens with two attached hydrogens (primary N) is 1. The van der Waals surface area contributed by atoms with Gasteiger partial charge in [-0.2, -0.15) is 0 Å². The standard InChI is InChI=1S/C12H16IN3O/c13-10-3-1-9(2-4-10)7-16-5-6-17-11(8-16)12(14)15/h1-4,11H,5-8H2,(H3,14,15). The van der Waals surface area contributed by atoms with E-state index >= 15 is 0 Å². The van der Waals surface area contributed by atoms with E-state index in [9.17, 15) is 0 Å². The number of halogens is 1. The van der Waals surface area contributed by atoms with E-state index in [0.717, 1.165) is 13.1 Å². The average molecular weight is 345 g/mol. The highest BCUT2D eigenvalue weighted by molar-refractivity contribution is 14.1. The molecule has 0 spiro atoms. The van der Waals surface area contributed by atoms with Gasteiger partial charge in [0.25, 0.3) is 0 Å². The van der Waals surface area contributed by atoms with E-state index in [0.29, 0.717) is 13.2 Å². The fraction of sp³-hybridized carbons (Fsp3) is 0.417. The highest BCUT2D eigenvalue weighted by atomic mass is 127. The lowest BCUT2D eigenvalue weighted by atomic mass is 10.2. The van der Waals surface area contributed by atoms with Gasteiger partial charge in [-0.3, -0.25) is 10.3 Å². The van der Waals surface area contributed by atoms with Crippen LogP contribution in [0.2, 0.25) is 0 Å². The minimum atomic E-state index is -0.243. The molecule has 1 heterocycles. The maximum absolute atomic E-state index is 7.41. The van der Waals surface area contributed by atoms with Gasteiger partial charge < -0.3 is 10.5 Å². The number of nitrogens with zero attached hydrogens (tertiary/aromatic N) is 1. The van der Waals surface area contributed by atoms with Gasteiger partial charge in [-0.15, -0.1) is 0 Å². The van der Waals surface area contributed by atoms with E-state index in [2.05, 4.69) is 51.8 Å². The minimum absolute atomic E-state index is 0.123. The Morgan fingerprint density at radius 3 is 2.82 bits per heavy atom. The third-order valence-corrected chi connectivity index (χ3v) is 3.54. The molecule has 1 unspecified atom stereocenters. The van der Waals surface area contributed by atoms with Gasteiger partial charge in [0.05, 0.1) is 6.61 Å². The highest BCUT2D eigenvalue weighted by Crippen LogP contribution is 2.12. The van der Waals surface area contributed by atoms with Crippen molar-refractivity contribution in [1.82, 2.24) is 4.90 Å². The van der Waals surface area contributed by atoms with Gasteiger partial charge in [0.15, 0.2) is 0 Å². The van der Waals surface area contributed by atoms with E-state index in [-0.39, 0.29) is 11.9 Å². The maximum atomic E-state index is 7.41. The second kappa shape index (κ2) is 5.79. The fourth-order valence-electron chi connectivity index (χ4n) is 1.88. The van der Waals surface area contributed by atoms with Crippen LogP contribution in [-0.2, 0) is 11.3 Å². The van der Waals surface area contributed by atoms with Crippen LogP contribution in [0.3, 0.4) is 0 Å². The van der Waals surface area contributed by atoms with E-state index < -0.39 is 0 Å². The van der Waals surface area contributed by atoms with Crippen LogP contribution in [0.5, 0.6) is 0 Å². The molecule has 1 aromatic rings. The molecule has 2 rings (SSSR count). The molecular formula is C12H16IN3O. The van der Waals surface area contributed by atoms with Crippen LogP contribution in [0.4, 0.5) is 0 Å². The number of nitrogens with one attached hydrogen (secondary N) is 1. The summed E-state index contributed by atoms with van der Waals surface area (Å²) in [6, 6.07) is 8.50. The van der Waals surface area contributed by atoms with Gasteiger partial charge in [0.1, 0.15) is 11.9 Å². The van der Waals surface area contributed by atoms with Crippen molar-refractivity contribution in [1.29, 1.82) is 5.41 Å². The predicted molar refractivity (Wildman–Crippen MR) is 76.1 cm³/mol. The molecule has 0 amide bonds. The molecule has 0 radical (unpaired) electrons. The van der Waals surface area contributed by atoms with Crippen molar-refractivity contribution >= 4 is 28.4 Å². The van der Waals surface area contributed by atoms with Crippen LogP contribution in [0, 0.1) is 8.98 Å². The lowest BCUT2D eigenvalue weighted by molar-refractivity contribution is 0.00236. The third kappa shape index (κ3) is 3.65. The number of rotatable bonds is 3. The molecule has 1 aliphatic heterocycles. The van der Waals surface area contributed by atoms with E-state index in [1.54, 1.807) is 0 Å². The lowest BCUT2D eigenvalue weighted by Gasteiger charge is -2.32. The normalized spacial score (nSPS) is 21.4. The Morgan fingerprint density at radius 2 is 2.18 bits per heavy atom. The molecule has 0 aliphatic carbocycles. The zero-order valence-electron chi connectivity index (χ0n) is 9.53. The SMILES string of the molecule is N=C(N)C1CN(Cc2ccc(I)cc2)CCO1. The van der Waals surface area contributed by atoms with Crippen LogP contribution in [0.1, 0.15) is 5.56 Å². The summed E-state index contributed by atoms with van der Waals surface area (Å²) in [6.07, 6.45) is -0.243. The Bertz CT molecular complexity index is 393. The Kier molecular flexibility index (Phi) is 4.36. The van der Waals surface area contributed by atoms with Crippen molar-refractivity contribution in [2.24, 2.45) is 5.73 Å². The summed E-state index contributed by atoms with van der Waals surface area (Å²) in [5, 5.41) is 7.41. The quantitative estimate of drug-likeness (QED) is 0.495. The molecule has 3 N–H and O–H groups in total. The van der Waals surface area contributed by atoms with Crippen LogP contribution in [-0.4, -0.2) is 36.5 Å². The number of morpholine rings is 1. The monoisotopic (exact) mass is 345 g/mol. The zero-order chi connectivity index (χ0) is 12.3. The molecule has 4 nitrogen and oxygen atoms in total. The molecule has 1 aromatic carbocycles. The number of ether oxygens (including phenoxy) is 1. The fourth-order valence-corrected chi connectivity index (χ4v) is 2.24. The summed E-state index contributed by atoms with van der Waals surface area (Å²) in [6.45, 7) is 3.15. The van der Waals surface area contributed by atoms with Crippen LogP contribution in [0.25, 0.3) is 0 Å². The molecule has 92 valence electrons. The first-order chi connectivity index (χ1) is 8.15. The maximum Gasteiger partial charge on any atom is 0.127 e. The van der Waals surface area contributed by atoms with Crippen molar-refractivity contribution in [3.63, 3.8) is 0 Å². The van der Waals surface area contributed by atoms with Crippen molar-refractivity contribution in [3.05, 3.63) is 33.4 Å². The van der Waals surface area contributed by atoms with Gasteiger partial charge in [0, 0.05) is 23.2 Å². The smallest absolute Gasteiger partial charge is 0.127 e. The van der Waals surface area contributed by atoms with Gasteiger partial charge in [0.2, 0.25) is 0 Å².